The first-order chi connectivity index (χ1) is 9.72. The highest BCUT2D eigenvalue weighted by Gasteiger charge is 2.29. The first-order valence-electron chi connectivity index (χ1n) is 6.69. The molecule has 5 heteroatoms. The number of amides is 1. The third-order valence-electron chi connectivity index (χ3n) is 2.95. The zero-order valence-corrected chi connectivity index (χ0v) is 12.3. The van der Waals surface area contributed by atoms with Gasteiger partial charge >= 0.3 is 0 Å². The maximum Gasteiger partial charge on any atom is 0.276 e. The van der Waals surface area contributed by atoms with Gasteiger partial charge in [0.2, 0.25) is 0 Å². The molecule has 0 unspecified atom stereocenters. The first kappa shape index (κ1) is 14.7. The molecule has 0 atom stereocenters. The highest BCUT2D eigenvalue weighted by Crippen LogP contribution is 2.14. The highest BCUT2D eigenvalue weighted by molar-refractivity contribution is 7.80. The van der Waals surface area contributed by atoms with Crippen molar-refractivity contribution in [1.29, 1.82) is 0 Å². The van der Waals surface area contributed by atoms with Crippen LogP contribution in [0.15, 0.2) is 36.0 Å². The second kappa shape index (κ2) is 7.17. The van der Waals surface area contributed by atoms with E-state index in [4.69, 9.17) is 17.0 Å². The molecule has 0 bridgehead atoms. The van der Waals surface area contributed by atoms with Crippen LogP contribution in [0.2, 0.25) is 0 Å². The van der Waals surface area contributed by atoms with Gasteiger partial charge in [-0.1, -0.05) is 30.3 Å². The maximum atomic E-state index is 12.3. The number of benzene rings is 1. The SMILES string of the molecule is CCOCCCN1C(=O)/C(=C\c2ccccc2)NC1=S. The quantitative estimate of drug-likeness (QED) is 0.495. The Morgan fingerprint density at radius 3 is 2.80 bits per heavy atom. The lowest BCUT2D eigenvalue weighted by Gasteiger charge is -2.13. The van der Waals surface area contributed by atoms with Gasteiger partial charge < -0.3 is 10.1 Å². The zero-order chi connectivity index (χ0) is 14.4. The van der Waals surface area contributed by atoms with Crippen LogP contribution in [0, 0.1) is 0 Å². The molecule has 20 heavy (non-hydrogen) atoms. The van der Waals surface area contributed by atoms with E-state index in [2.05, 4.69) is 5.32 Å². The van der Waals surface area contributed by atoms with Gasteiger partial charge in [-0.3, -0.25) is 9.69 Å². The van der Waals surface area contributed by atoms with Crippen molar-refractivity contribution in [2.24, 2.45) is 0 Å². The Morgan fingerprint density at radius 1 is 1.35 bits per heavy atom. The summed E-state index contributed by atoms with van der Waals surface area (Å²) in [6, 6.07) is 9.70. The summed E-state index contributed by atoms with van der Waals surface area (Å²) in [6.07, 6.45) is 2.59. The van der Waals surface area contributed by atoms with Gasteiger partial charge in [-0.25, -0.2) is 0 Å². The molecule has 1 amide bonds. The van der Waals surface area contributed by atoms with E-state index in [1.54, 1.807) is 4.90 Å². The van der Waals surface area contributed by atoms with E-state index in [0.29, 0.717) is 30.6 Å². The largest absolute Gasteiger partial charge is 0.382 e. The topological polar surface area (TPSA) is 41.6 Å². The predicted octanol–water partition coefficient (Wildman–Crippen LogP) is 2.17. The molecule has 1 aliphatic heterocycles. The normalized spacial score (nSPS) is 16.9. The Hall–Kier alpha value is -1.72. The summed E-state index contributed by atoms with van der Waals surface area (Å²) in [5.74, 6) is -0.0737. The Bertz CT molecular complexity index is 514. The van der Waals surface area contributed by atoms with Crippen LogP contribution >= 0.6 is 12.2 Å². The maximum absolute atomic E-state index is 12.3. The number of hydrogen-bond donors (Lipinski definition) is 1. The molecule has 0 spiro atoms. The number of carbonyl (C=O) groups excluding carboxylic acids is 1. The van der Waals surface area contributed by atoms with Crippen molar-refractivity contribution in [3.63, 3.8) is 0 Å². The minimum Gasteiger partial charge on any atom is -0.382 e. The third-order valence-corrected chi connectivity index (χ3v) is 3.27. The molecule has 1 heterocycles. The highest BCUT2D eigenvalue weighted by atomic mass is 32.1. The van der Waals surface area contributed by atoms with Gasteiger partial charge in [0.15, 0.2) is 5.11 Å². The Kier molecular flexibility index (Phi) is 5.26. The van der Waals surface area contributed by atoms with Crippen LogP contribution < -0.4 is 5.32 Å². The van der Waals surface area contributed by atoms with E-state index < -0.39 is 0 Å². The minimum absolute atomic E-state index is 0.0737. The smallest absolute Gasteiger partial charge is 0.276 e. The molecular weight excluding hydrogens is 272 g/mol. The molecule has 1 saturated heterocycles. The summed E-state index contributed by atoms with van der Waals surface area (Å²) in [4.78, 5) is 13.8. The number of hydrogen-bond acceptors (Lipinski definition) is 3. The number of rotatable bonds is 6. The van der Waals surface area contributed by atoms with Crippen molar-refractivity contribution < 1.29 is 9.53 Å². The van der Waals surface area contributed by atoms with Crippen molar-refractivity contribution in [2.75, 3.05) is 19.8 Å². The summed E-state index contributed by atoms with van der Waals surface area (Å²) in [5.41, 5.74) is 1.50. The van der Waals surface area contributed by atoms with Crippen molar-refractivity contribution in [2.45, 2.75) is 13.3 Å². The summed E-state index contributed by atoms with van der Waals surface area (Å²) in [5, 5.41) is 3.44. The van der Waals surface area contributed by atoms with Gasteiger partial charge in [-0.15, -0.1) is 0 Å². The number of nitrogens with zero attached hydrogens (tertiary/aromatic N) is 1. The van der Waals surface area contributed by atoms with Crippen molar-refractivity contribution in [3.05, 3.63) is 41.6 Å². The van der Waals surface area contributed by atoms with Crippen LogP contribution in [0.3, 0.4) is 0 Å². The van der Waals surface area contributed by atoms with Crippen LogP contribution in [0.25, 0.3) is 6.08 Å². The molecule has 0 radical (unpaired) electrons. The summed E-state index contributed by atoms with van der Waals surface area (Å²) in [6.45, 7) is 3.86. The fourth-order valence-electron chi connectivity index (χ4n) is 1.96. The van der Waals surface area contributed by atoms with E-state index >= 15 is 0 Å². The zero-order valence-electron chi connectivity index (χ0n) is 11.5. The van der Waals surface area contributed by atoms with Crippen LogP contribution in [-0.4, -0.2) is 35.7 Å². The Balaban J connectivity index is 2.00. The summed E-state index contributed by atoms with van der Waals surface area (Å²) >= 11 is 5.20. The van der Waals surface area contributed by atoms with Gasteiger partial charge in [-0.2, -0.15) is 0 Å². The van der Waals surface area contributed by atoms with Crippen LogP contribution in [0.1, 0.15) is 18.9 Å². The van der Waals surface area contributed by atoms with E-state index in [-0.39, 0.29) is 5.91 Å². The van der Waals surface area contributed by atoms with Gasteiger partial charge in [0.1, 0.15) is 5.70 Å². The lowest BCUT2D eigenvalue weighted by atomic mass is 10.2. The molecule has 1 N–H and O–H groups in total. The minimum atomic E-state index is -0.0737. The number of carbonyl (C=O) groups is 1. The molecule has 1 fully saturated rings. The van der Waals surface area contributed by atoms with Gasteiger partial charge in [-0.05, 0) is 37.2 Å². The molecule has 1 aliphatic rings. The molecule has 4 nitrogen and oxygen atoms in total. The van der Waals surface area contributed by atoms with Crippen LogP contribution in [0.4, 0.5) is 0 Å². The Labute approximate surface area is 124 Å². The lowest BCUT2D eigenvalue weighted by molar-refractivity contribution is -0.122. The number of thiocarbonyl (C=S) groups is 1. The van der Waals surface area contributed by atoms with Crippen molar-refractivity contribution >= 4 is 29.3 Å². The second-order valence-corrected chi connectivity index (χ2v) is 4.79. The van der Waals surface area contributed by atoms with E-state index in [9.17, 15) is 4.79 Å². The predicted molar refractivity (Wildman–Crippen MR) is 83.0 cm³/mol. The van der Waals surface area contributed by atoms with Crippen LogP contribution in [-0.2, 0) is 9.53 Å². The average Bonchev–Trinajstić information content (AvgIpc) is 2.72. The molecule has 0 aliphatic carbocycles. The monoisotopic (exact) mass is 290 g/mol. The Morgan fingerprint density at radius 2 is 2.10 bits per heavy atom. The van der Waals surface area contributed by atoms with E-state index in [1.165, 1.54) is 0 Å². The number of nitrogens with one attached hydrogen (secondary N) is 1. The summed E-state index contributed by atoms with van der Waals surface area (Å²) in [7, 11) is 0. The second-order valence-electron chi connectivity index (χ2n) is 4.41. The van der Waals surface area contributed by atoms with Crippen molar-refractivity contribution in [1.82, 2.24) is 10.2 Å². The van der Waals surface area contributed by atoms with Gasteiger partial charge in [0.25, 0.3) is 5.91 Å². The fourth-order valence-corrected chi connectivity index (χ4v) is 2.24. The molecule has 1 aromatic rings. The number of ether oxygens (including phenoxy) is 1. The van der Waals surface area contributed by atoms with E-state index in [0.717, 1.165) is 12.0 Å². The molecule has 0 aromatic heterocycles. The van der Waals surface area contributed by atoms with Gasteiger partial charge in [0.05, 0.1) is 0 Å². The average molecular weight is 290 g/mol. The molecule has 106 valence electrons. The first-order valence-corrected chi connectivity index (χ1v) is 7.10. The third kappa shape index (κ3) is 3.65. The summed E-state index contributed by atoms with van der Waals surface area (Å²) < 4.78 is 5.27. The molecule has 0 saturated carbocycles. The van der Waals surface area contributed by atoms with Crippen LogP contribution in [0.5, 0.6) is 0 Å². The molecule has 1 aromatic carbocycles. The van der Waals surface area contributed by atoms with Crippen molar-refractivity contribution in [3.8, 4) is 0 Å². The fraction of sp³-hybridized carbons (Fsp3) is 0.333. The van der Waals surface area contributed by atoms with Gasteiger partial charge in [0, 0.05) is 19.8 Å². The van der Waals surface area contributed by atoms with E-state index in [1.807, 2.05) is 43.3 Å². The molecule has 2 rings (SSSR count). The molecular formula is C15H18N2O2S. The standard InChI is InChI=1S/C15H18N2O2S/c1-2-19-10-6-9-17-14(18)13(16-15(17)20)11-12-7-4-3-5-8-12/h3-5,7-8,11H,2,6,9-10H2,1H3,(H,16,20)/b13-11+. The lowest BCUT2D eigenvalue weighted by Crippen LogP contribution is -2.32.